The summed E-state index contributed by atoms with van der Waals surface area (Å²) in [6, 6.07) is 64.5. The summed E-state index contributed by atoms with van der Waals surface area (Å²) in [5.41, 5.74) is 28.3. The van der Waals surface area contributed by atoms with E-state index < -0.39 is 0 Å². The summed E-state index contributed by atoms with van der Waals surface area (Å²) < 4.78 is 2.85. The molecule has 3 aliphatic rings. The number of hydrogen-bond acceptors (Lipinski definition) is 2. The lowest BCUT2D eigenvalue weighted by molar-refractivity contribution is 0.398. The molecule has 0 aliphatic heterocycles. The van der Waals surface area contributed by atoms with Gasteiger partial charge in [0.15, 0.2) is 0 Å². The third-order valence-electron chi connectivity index (χ3n) is 21.7. The number of hydrogen-bond donors (Lipinski definition) is 0. The molecule has 464 valence electrons. The predicted molar refractivity (Wildman–Crippen MR) is 397 cm³/mol. The maximum Gasteiger partial charge on any atom is 0.0459 e. The van der Waals surface area contributed by atoms with Crippen molar-refractivity contribution in [1.82, 2.24) is 0 Å². The Morgan fingerprint density at radius 1 is 0.278 bits per heavy atom. The molecule has 2 heteroatoms. The van der Waals surface area contributed by atoms with Crippen molar-refractivity contribution < 1.29 is 0 Å². The summed E-state index contributed by atoms with van der Waals surface area (Å²) in [5.74, 6) is 0. The molecule has 0 spiro atoms. The van der Waals surface area contributed by atoms with E-state index in [9.17, 15) is 0 Å². The summed E-state index contributed by atoms with van der Waals surface area (Å²) in [6.07, 6.45) is 36.4. The molecule has 3 aliphatic carbocycles. The third kappa shape index (κ3) is 12.4. The molecule has 0 N–H and O–H groups in total. The van der Waals surface area contributed by atoms with Crippen LogP contribution in [0.5, 0.6) is 0 Å². The van der Waals surface area contributed by atoms with Crippen molar-refractivity contribution in [3.63, 3.8) is 0 Å². The quantitative estimate of drug-likeness (QED) is 0.0369. The number of aryl methyl sites for hydroxylation is 2. The van der Waals surface area contributed by atoms with Gasteiger partial charge in [0.25, 0.3) is 0 Å². The van der Waals surface area contributed by atoms with Crippen molar-refractivity contribution >= 4 is 42.8 Å². The van der Waals surface area contributed by atoms with Gasteiger partial charge in [0, 0.05) is 30.0 Å². The highest BCUT2D eigenvalue weighted by Gasteiger charge is 2.44. The Balaban J connectivity index is 0.970. The molecule has 0 saturated heterocycles. The Morgan fingerprint density at radius 2 is 0.678 bits per heavy atom. The summed E-state index contributed by atoms with van der Waals surface area (Å²) in [6.45, 7) is 14.0. The van der Waals surface area contributed by atoms with Gasteiger partial charge in [-0.2, -0.15) is 0 Å². The first-order valence-electron chi connectivity index (χ1n) is 36.1. The molecular formula is C88H100S2. The zero-order valence-corrected chi connectivity index (χ0v) is 57.3. The number of benzene rings is 8. The van der Waals surface area contributed by atoms with E-state index in [-0.39, 0.29) is 10.8 Å². The molecule has 0 bridgehead atoms. The molecule has 0 atom stereocenters. The highest BCUT2D eigenvalue weighted by Crippen LogP contribution is 2.59. The van der Waals surface area contributed by atoms with Crippen LogP contribution >= 0.6 is 22.7 Å². The van der Waals surface area contributed by atoms with E-state index in [2.05, 4.69) is 199 Å². The van der Waals surface area contributed by atoms with Crippen LogP contribution in [0.15, 0.2) is 158 Å². The van der Waals surface area contributed by atoms with E-state index in [0.717, 1.165) is 0 Å². The first-order valence-corrected chi connectivity index (χ1v) is 37.8. The minimum absolute atomic E-state index is 0.000934. The molecule has 0 amide bonds. The maximum atomic E-state index is 2.73. The van der Waals surface area contributed by atoms with Crippen LogP contribution in [0.1, 0.15) is 240 Å². The first kappa shape index (κ1) is 62.5. The molecule has 10 aromatic rings. The Hall–Kier alpha value is -6.32. The van der Waals surface area contributed by atoms with Crippen LogP contribution in [-0.2, 0) is 10.8 Å². The van der Waals surface area contributed by atoms with Crippen molar-refractivity contribution in [1.29, 1.82) is 0 Å². The van der Waals surface area contributed by atoms with Gasteiger partial charge in [-0.15, -0.1) is 22.7 Å². The first-order chi connectivity index (χ1) is 44.2. The lowest BCUT2D eigenvalue weighted by Gasteiger charge is -2.33. The van der Waals surface area contributed by atoms with E-state index in [0.29, 0.717) is 0 Å². The zero-order valence-electron chi connectivity index (χ0n) is 55.6. The van der Waals surface area contributed by atoms with Crippen LogP contribution in [0.25, 0.3) is 109 Å². The molecule has 2 heterocycles. The van der Waals surface area contributed by atoms with Gasteiger partial charge in [0.1, 0.15) is 0 Å². The van der Waals surface area contributed by atoms with Crippen molar-refractivity contribution in [2.75, 3.05) is 0 Å². The lowest BCUT2D eigenvalue weighted by atomic mass is 9.70. The molecule has 0 nitrogen and oxygen atoms in total. The van der Waals surface area contributed by atoms with Crippen LogP contribution in [-0.4, -0.2) is 0 Å². The molecule has 8 aromatic carbocycles. The Kier molecular flexibility index (Phi) is 19.6. The Labute approximate surface area is 550 Å². The summed E-state index contributed by atoms with van der Waals surface area (Å²) >= 11 is 3.93. The van der Waals surface area contributed by atoms with Gasteiger partial charge in [-0.25, -0.2) is 0 Å². The SMILES string of the molecule is CCCCCCCCC1(CCCCCCCC)c2cc(C)ccc2-c2ccc(-c3cc(-c4ccc5c(c4)C(CCCCCCCC)(CCCCCCCC)c4cc(-c6cc7sc(C)cc7s6)ccc4-5)cc(-c4cc5c6c(cccc6c4)-c4ccccc4-5)c3)cc21. The van der Waals surface area contributed by atoms with E-state index in [1.165, 1.54) is 299 Å². The third-order valence-corrected chi connectivity index (χ3v) is 24.0. The average molecular weight is 1220 g/mol. The molecule has 0 unspecified atom stereocenters. The summed E-state index contributed by atoms with van der Waals surface area (Å²) in [5, 5.41) is 2.71. The van der Waals surface area contributed by atoms with Crippen molar-refractivity contribution in [3.05, 3.63) is 190 Å². The normalized spacial score (nSPS) is 13.8. The van der Waals surface area contributed by atoms with Crippen LogP contribution in [0.3, 0.4) is 0 Å². The average Bonchev–Trinajstić information content (AvgIpc) is 1.58. The van der Waals surface area contributed by atoms with E-state index in [1.807, 2.05) is 22.7 Å². The minimum Gasteiger partial charge on any atom is -0.140 e. The predicted octanol–water partition coefficient (Wildman–Crippen LogP) is 28.6. The fourth-order valence-electron chi connectivity index (χ4n) is 17.0. The van der Waals surface area contributed by atoms with Crippen LogP contribution in [0.4, 0.5) is 0 Å². The van der Waals surface area contributed by atoms with Gasteiger partial charge < -0.3 is 0 Å². The Morgan fingerprint density at radius 3 is 1.18 bits per heavy atom. The molecular weight excluding hydrogens is 1120 g/mol. The Bertz CT molecular complexity index is 4070. The summed E-state index contributed by atoms with van der Waals surface area (Å²) in [4.78, 5) is 2.81. The van der Waals surface area contributed by atoms with Gasteiger partial charge in [-0.05, 0) is 217 Å². The van der Waals surface area contributed by atoms with Gasteiger partial charge in [0.2, 0.25) is 0 Å². The molecule has 2 aromatic heterocycles. The smallest absolute Gasteiger partial charge is 0.0459 e. The number of unbranched alkanes of at least 4 members (excludes halogenated alkanes) is 20. The molecule has 0 radical (unpaired) electrons. The highest BCUT2D eigenvalue weighted by molar-refractivity contribution is 7.29. The lowest BCUT2D eigenvalue weighted by Crippen LogP contribution is -2.25. The molecule has 0 fully saturated rings. The van der Waals surface area contributed by atoms with Crippen LogP contribution < -0.4 is 0 Å². The van der Waals surface area contributed by atoms with Crippen LogP contribution in [0.2, 0.25) is 0 Å². The minimum atomic E-state index is -0.0614. The van der Waals surface area contributed by atoms with Gasteiger partial charge in [0.05, 0.1) is 0 Å². The fraction of sp³-hybridized carbons (Fsp3) is 0.409. The van der Waals surface area contributed by atoms with Crippen LogP contribution in [0, 0.1) is 13.8 Å². The number of rotatable bonds is 32. The molecule has 90 heavy (non-hydrogen) atoms. The largest absolute Gasteiger partial charge is 0.140 e. The second kappa shape index (κ2) is 28.3. The van der Waals surface area contributed by atoms with E-state index in [4.69, 9.17) is 0 Å². The zero-order chi connectivity index (χ0) is 61.6. The second-order valence-electron chi connectivity index (χ2n) is 28.0. The summed E-state index contributed by atoms with van der Waals surface area (Å²) in [7, 11) is 0. The van der Waals surface area contributed by atoms with Crippen molar-refractivity contribution in [2.24, 2.45) is 0 Å². The van der Waals surface area contributed by atoms with Crippen molar-refractivity contribution in [2.45, 2.75) is 232 Å². The van der Waals surface area contributed by atoms with Gasteiger partial charge in [-0.1, -0.05) is 284 Å². The highest BCUT2D eigenvalue weighted by atomic mass is 32.1. The van der Waals surface area contributed by atoms with E-state index in [1.54, 1.807) is 22.3 Å². The topological polar surface area (TPSA) is 0 Å². The van der Waals surface area contributed by atoms with Gasteiger partial charge >= 0.3 is 0 Å². The molecule has 13 rings (SSSR count). The molecule has 0 saturated carbocycles. The van der Waals surface area contributed by atoms with E-state index >= 15 is 0 Å². The van der Waals surface area contributed by atoms with Gasteiger partial charge in [-0.3, -0.25) is 0 Å². The second-order valence-corrected chi connectivity index (χ2v) is 30.4. The fourth-order valence-corrected chi connectivity index (χ4v) is 19.3. The maximum absolute atomic E-state index is 2.73. The van der Waals surface area contributed by atoms with Crippen molar-refractivity contribution in [3.8, 4) is 88.3 Å². The number of thiophene rings is 2. The monoisotopic (exact) mass is 1220 g/mol. The number of fused-ring (bicyclic) bond motifs is 10. The standard InChI is InChI=1S/C88H100S2/c1-7-11-15-19-23-29-46-87(47-30-24-20-16-12-8-2)79-50-61(5)38-42-73(79)74-43-39-63(57-80(74)87)67-53-68(55-69(54-67)70-52-66-34-33-37-77-71-35-27-28-36-72(71)78(56-70)86(66)77)64-40-44-75-76-45-41-65(83-60-85-84(90-83)51-62(6)89-85)59-82(76)88(81(75)58-64,48-31-25-21-17-13-9-3)49-32-26-22-18-14-10-4/h27-28,33-45,50-60H,7-26,29-32,46-49H2,1-6H3.